The third-order valence-corrected chi connectivity index (χ3v) is 10.1. The van der Waals surface area contributed by atoms with Gasteiger partial charge >= 0.3 is 0 Å². The van der Waals surface area contributed by atoms with Crippen molar-refractivity contribution < 1.29 is 9.90 Å². The highest BCUT2D eigenvalue weighted by Gasteiger charge is 2.68. The summed E-state index contributed by atoms with van der Waals surface area (Å²) in [7, 11) is 0. The Bertz CT molecular complexity index is 854. The van der Waals surface area contributed by atoms with Crippen LogP contribution in [0.3, 0.4) is 0 Å². The fourth-order valence-electron chi connectivity index (χ4n) is 9.25. The summed E-state index contributed by atoms with van der Waals surface area (Å²) in [6, 6.07) is 5.88. The van der Waals surface area contributed by atoms with E-state index in [1.54, 1.807) is 0 Å². The molecular formula is C26H36O2. The number of carbonyl (C=O) groups is 1. The summed E-state index contributed by atoms with van der Waals surface area (Å²) in [6.45, 7) is 12.1. The highest BCUT2D eigenvalue weighted by molar-refractivity contribution is 5.86. The predicted molar refractivity (Wildman–Crippen MR) is 112 cm³/mol. The van der Waals surface area contributed by atoms with E-state index in [0.29, 0.717) is 35.2 Å². The van der Waals surface area contributed by atoms with Gasteiger partial charge in [-0.3, -0.25) is 4.79 Å². The lowest BCUT2D eigenvalue weighted by atomic mass is 9.37. The largest absolute Gasteiger partial charge is 0.508 e. The topological polar surface area (TPSA) is 37.3 Å². The van der Waals surface area contributed by atoms with Crippen LogP contribution in [0.2, 0.25) is 0 Å². The van der Waals surface area contributed by atoms with Crippen LogP contribution in [0.15, 0.2) is 18.2 Å². The van der Waals surface area contributed by atoms with Gasteiger partial charge in [0.25, 0.3) is 0 Å². The van der Waals surface area contributed by atoms with Crippen molar-refractivity contribution in [3.8, 4) is 5.75 Å². The molecule has 6 atom stereocenters. The highest BCUT2D eigenvalue weighted by atomic mass is 16.3. The molecule has 0 spiro atoms. The lowest BCUT2D eigenvalue weighted by Crippen LogP contribution is -2.64. The van der Waals surface area contributed by atoms with Gasteiger partial charge in [-0.15, -0.1) is 0 Å². The van der Waals surface area contributed by atoms with E-state index >= 15 is 0 Å². The molecule has 5 rings (SSSR count). The average Bonchev–Trinajstić information content (AvgIpc) is 2.86. The smallest absolute Gasteiger partial charge is 0.137 e. The third-order valence-electron chi connectivity index (χ3n) is 10.1. The zero-order chi connectivity index (χ0) is 20.1. The van der Waals surface area contributed by atoms with E-state index in [2.05, 4.69) is 40.7 Å². The summed E-state index contributed by atoms with van der Waals surface area (Å²) < 4.78 is 0. The Morgan fingerprint density at radius 2 is 1.68 bits per heavy atom. The number of hydrogen-bond donors (Lipinski definition) is 1. The van der Waals surface area contributed by atoms with Gasteiger partial charge in [-0.1, -0.05) is 47.1 Å². The highest BCUT2D eigenvalue weighted by Crippen LogP contribution is 2.71. The molecule has 0 bridgehead atoms. The summed E-state index contributed by atoms with van der Waals surface area (Å²) in [5, 5.41) is 10.1. The first-order chi connectivity index (χ1) is 13.0. The minimum atomic E-state index is -0.121. The van der Waals surface area contributed by atoms with E-state index in [1.165, 1.54) is 43.2 Å². The van der Waals surface area contributed by atoms with Crippen LogP contribution in [0.4, 0.5) is 0 Å². The monoisotopic (exact) mass is 380 g/mol. The second-order valence-electron chi connectivity index (χ2n) is 12.0. The molecule has 3 saturated carbocycles. The van der Waals surface area contributed by atoms with Crippen molar-refractivity contribution in [1.82, 2.24) is 0 Å². The molecule has 4 aliphatic rings. The van der Waals surface area contributed by atoms with Gasteiger partial charge in [0.2, 0.25) is 0 Å². The van der Waals surface area contributed by atoms with Crippen molar-refractivity contribution in [3.05, 3.63) is 29.3 Å². The van der Waals surface area contributed by atoms with E-state index in [0.717, 1.165) is 6.42 Å². The first-order valence-electron chi connectivity index (χ1n) is 11.4. The van der Waals surface area contributed by atoms with Crippen LogP contribution in [0.1, 0.15) is 84.3 Å². The van der Waals surface area contributed by atoms with Crippen LogP contribution < -0.4 is 0 Å². The molecule has 1 aromatic carbocycles. The van der Waals surface area contributed by atoms with Crippen molar-refractivity contribution in [2.24, 2.45) is 34.0 Å². The average molecular weight is 381 g/mol. The second kappa shape index (κ2) is 5.43. The predicted octanol–water partition coefficient (Wildman–Crippen LogP) is 6.04. The normalized spacial score (nSPS) is 46.3. The Morgan fingerprint density at radius 1 is 0.964 bits per heavy atom. The summed E-state index contributed by atoms with van der Waals surface area (Å²) in [4.78, 5) is 13.9. The standard InChI is InChI=1S/C26H36O2/c1-23(2)10-6-11-24(3)20(23)9-12-25(4)21-13-16-7-8-17(27)14-18(16)26(21,5)15-19(28)22(24)25/h7-8,14,20-22,27H,6,9-13,15H2,1-5H3/t20-,21-,22+,24-,25+,26-/m0/s1. The number of rotatable bonds is 0. The van der Waals surface area contributed by atoms with Crippen LogP contribution in [-0.4, -0.2) is 10.9 Å². The maximum Gasteiger partial charge on any atom is 0.137 e. The van der Waals surface area contributed by atoms with Crippen molar-refractivity contribution in [3.63, 3.8) is 0 Å². The maximum absolute atomic E-state index is 13.9. The van der Waals surface area contributed by atoms with E-state index < -0.39 is 0 Å². The molecule has 0 aromatic heterocycles. The number of carbonyl (C=O) groups excluding carboxylic acids is 1. The fourth-order valence-corrected chi connectivity index (χ4v) is 9.25. The van der Waals surface area contributed by atoms with Crippen LogP contribution >= 0.6 is 0 Å². The Hall–Kier alpha value is -1.31. The molecule has 0 heterocycles. The third kappa shape index (κ3) is 2.13. The quantitative estimate of drug-likeness (QED) is 0.595. The summed E-state index contributed by atoms with van der Waals surface area (Å²) in [5.74, 6) is 2.20. The summed E-state index contributed by atoms with van der Waals surface area (Å²) in [6.07, 6.45) is 7.93. The zero-order valence-electron chi connectivity index (χ0n) is 18.3. The van der Waals surface area contributed by atoms with E-state index in [-0.39, 0.29) is 22.2 Å². The van der Waals surface area contributed by atoms with Crippen molar-refractivity contribution in [2.45, 2.75) is 85.0 Å². The number of aromatic hydroxyl groups is 1. The molecular weight excluding hydrogens is 344 g/mol. The number of phenolic OH excluding ortho intramolecular Hbond substituents is 1. The summed E-state index contributed by atoms with van der Waals surface area (Å²) in [5.41, 5.74) is 3.03. The second-order valence-corrected chi connectivity index (χ2v) is 12.0. The first-order valence-corrected chi connectivity index (χ1v) is 11.4. The Morgan fingerprint density at radius 3 is 2.43 bits per heavy atom. The SMILES string of the molecule is CC1(C)CCC[C@]2(C)[C@H]3C(=O)C[C@@]4(C)c5cc(O)ccc5C[C@H]4[C@@]3(C)CC[C@@H]12. The van der Waals surface area contributed by atoms with Gasteiger partial charge in [-0.25, -0.2) is 0 Å². The Labute approximate surface area is 170 Å². The molecule has 0 amide bonds. The van der Waals surface area contributed by atoms with Crippen LogP contribution in [0, 0.1) is 34.0 Å². The van der Waals surface area contributed by atoms with Gasteiger partial charge < -0.3 is 5.11 Å². The maximum atomic E-state index is 13.9. The van der Waals surface area contributed by atoms with Gasteiger partial charge in [0.15, 0.2) is 0 Å². The van der Waals surface area contributed by atoms with Gasteiger partial charge in [0, 0.05) is 17.8 Å². The summed E-state index contributed by atoms with van der Waals surface area (Å²) >= 11 is 0. The Balaban J connectivity index is 1.63. The molecule has 0 unspecified atom stereocenters. The number of benzene rings is 1. The van der Waals surface area contributed by atoms with E-state index in [9.17, 15) is 9.90 Å². The van der Waals surface area contributed by atoms with E-state index in [1.807, 2.05) is 12.1 Å². The van der Waals surface area contributed by atoms with Crippen LogP contribution in [0.5, 0.6) is 5.75 Å². The molecule has 2 nitrogen and oxygen atoms in total. The number of Topliss-reactive ketones (excluding diaryl/α,β-unsaturated/α-hetero) is 1. The van der Waals surface area contributed by atoms with Gasteiger partial charge in [0.05, 0.1) is 0 Å². The number of hydrogen-bond acceptors (Lipinski definition) is 2. The van der Waals surface area contributed by atoms with Gasteiger partial charge in [0.1, 0.15) is 11.5 Å². The minimum Gasteiger partial charge on any atom is -0.508 e. The first kappa shape index (κ1) is 18.7. The zero-order valence-corrected chi connectivity index (χ0v) is 18.3. The number of ketones is 1. The molecule has 28 heavy (non-hydrogen) atoms. The minimum absolute atomic E-state index is 0.0669. The van der Waals surface area contributed by atoms with Crippen molar-refractivity contribution in [2.75, 3.05) is 0 Å². The Kier molecular flexibility index (Phi) is 3.63. The molecule has 0 radical (unpaired) electrons. The number of fused-ring (bicyclic) bond motifs is 7. The molecule has 152 valence electrons. The van der Waals surface area contributed by atoms with Crippen LogP contribution in [-0.2, 0) is 16.6 Å². The molecule has 0 saturated heterocycles. The molecule has 0 aliphatic heterocycles. The molecule has 3 fully saturated rings. The van der Waals surface area contributed by atoms with Crippen molar-refractivity contribution in [1.29, 1.82) is 0 Å². The van der Waals surface area contributed by atoms with Crippen LogP contribution in [0.25, 0.3) is 0 Å². The van der Waals surface area contributed by atoms with Gasteiger partial charge in [-0.05, 0) is 83.4 Å². The van der Waals surface area contributed by atoms with Gasteiger partial charge in [-0.2, -0.15) is 0 Å². The van der Waals surface area contributed by atoms with Crippen molar-refractivity contribution >= 4 is 5.78 Å². The molecule has 1 N–H and O–H groups in total. The molecule has 2 heteroatoms. The van der Waals surface area contributed by atoms with E-state index in [4.69, 9.17) is 0 Å². The number of phenols is 1. The fraction of sp³-hybridized carbons (Fsp3) is 0.731. The lowest BCUT2D eigenvalue weighted by Gasteiger charge is -2.66. The molecule has 4 aliphatic carbocycles. The molecule has 1 aromatic rings. The lowest BCUT2D eigenvalue weighted by molar-refractivity contribution is -0.183.